The summed E-state index contributed by atoms with van der Waals surface area (Å²) in [6, 6.07) is -0.464. The SMILES string of the molecule is CCOC(=O)C(CC(C)(C)OC)NCCN=[N+]=[N-]. The molecular weight excluding hydrogens is 236 g/mol. The van der Waals surface area contributed by atoms with Crippen LogP contribution in [0.25, 0.3) is 10.4 Å². The first-order chi connectivity index (χ1) is 8.46. The quantitative estimate of drug-likeness (QED) is 0.223. The normalized spacial score (nSPS) is 12.7. The second-order valence-electron chi connectivity index (χ2n) is 4.38. The van der Waals surface area contributed by atoms with Gasteiger partial charge in [0.1, 0.15) is 6.04 Å². The molecule has 18 heavy (non-hydrogen) atoms. The first-order valence-electron chi connectivity index (χ1n) is 5.93. The van der Waals surface area contributed by atoms with Crippen molar-refractivity contribution in [1.29, 1.82) is 0 Å². The van der Waals surface area contributed by atoms with Gasteiger partial charge in [0.05, 0.1) is 12.2 Å². The number of carbonyl (C=O) groups excluding carboxylic acids is 1. The maximum atomic E-state index is 11.8. The lowest BCUT2D eigenvalue weighted by Gasteiger charge is -2.27. The molecule has 0 aliphatic carbocycles. The van der Waals surface area contributed by atoms with Crippen LogP contribution in [0, 0.1) is 0 Å². The second kappa shape index (κ2) is 8.74. The van der Waals surface area contributed by atoms with E-state index in [0.29, 0.717) is 26.1 Å². The highest BCUT2D eigenvalue weighted by atomic mass is 16.5. The Bertz CT molecular complexity index is 301. The summed E-state index contributed by atoms with van der Waals surface area (Å²) in [5, 5.41) is 6.41. The van der Waals surface area contributed by atoms with E-state index in [9.17, 15) is 4.79 Å². The monoisotopic (exact) mass is 258 g/mol. The molecule has 7 nitrogen and oxygen atoms in total. The molecule has 0 rings (SSSR count). The van der Waals surface area contributed by atoms with E-state index in [1.54, 1.807) is 14.0 Å². The van der Waals surface area contributed by atoms with Crippen molar-refractivity contribution in [2.75, 3.05) is 26.8 Å². The highest BCUT2D eigenvalue weighted by Gasteiger charge is 2.28. The second-order valence-corrected chi connectivity index (χ2v) is 4.38. The maximum Gasteiger partial charge on any atom is 0.323 e. The van der Waals surface area contributed by atoms with Crippen LogP contribution in [-0.4, -0.2) is 44.4 Å². The van der Waals surface area contributed by atoms with Gasteiger partial charge in [0.2, 0.25) is 0 Å². The molecule has 0 amide bonds. The summed E-state index contributed by atoms with van der Waals surface area (Å²) in [4.78, 5) is 14.4. The van der Waals surface area contributed by atoms with E-state index in [0.717, 1.165) is 0 Å². The summed E-state index contributed by atoms with van der Waals surface area (Å²) in [5.41, 5.74) is 7.74. The van der Waals surface area contributed by atoms with Crippen LogP contribution in [0.4, 0.5) is 0 Å². The molecule has 0 aliphatic rings. The van der Waals surface area contributed by atoms with E-state index in [1.807, 2.05) is 13.8 Å². The van der Waals surface area contributed by atoms with Crippen LogP contribution in [-0.2, 0) is 14.3 Å². The van der Waals surface area contributed by atoms with Gasteiger partial charge in [-0.2, -0.15) is 0 Å². The van der Waals surface area contributed by atoms with Crippen LogP contribution in [0.2, 0.25) is 0 Å². The molecule has 104 valence electrons. The van der Waals surface area contributed by atoms with E-state index in [2.05, 4.69) is 15.3 Å². The Balaban J connectivity index is 4.42. The molecular formula is C11H22N4O3. The zero-order valence-corrected chi connectivity index (χ0v) is 11.5. The van der Waals surface area contributed by atoms with Crippen LogP contribution in [0.15, 0.2) is 5.11 Å². The summed E-state index contributed by atoms with van der Waals surface area (Å²) in [7, 11) is 1.60. The zero-order valence-electron chi connectivity index (χ0n) is 11.5. The summed E-state index contributed by atoms with van der Waals surface area (Å²) in [5.74, 6) is -0.316. The number of methoxy groups -OCH3 is 1. The first kappa shape index (κ1) is 16.7. The lowest BCUT2D eigenvalue weighted by molar-refractivity contribution is -0.147. The molecule has 0 saturated carbocycles. The van der Waals surface area contributed by atoms with Crippen molar-refractivity contribution in [2.45, 2.75) is 38.8 Å². The fourth-order valence-electron chi connectivity index (χ4n) is 1.39. The predicted molar refractivity (Wildman–Crippen MR) is 68.1 cm³/mol. The van der Waals surface area contributed by atoms with E-state index < -0.39 is 11.6 Å². The van der Waals surface area contributed by atoms with Gasteiger partial charge in [-0.25, -0.2) is 0 Å². The minimum atomic E-state index is -0.464. The highest BCUT2D eigenvalue weighted by Crippen LogP contribution is 2.16. The molecule has 1 unspecified atom stereocenters. The van der Waals surface area contributed by atoms with Crippen molar-refractivity contribution in [1.82, 2.24) is 5.32 Å². The number of ether oxygens (including phenoxy) is 2. The third-order valence-corrected chi connectivity index (χ3v) is 2.49. The van der Waals surface area contributed by atoms with Crippen LogP contribution in [0.1, 0.15) is 27.2 Å². The van der Waals surface area contributed by atoms with Crippen LogP contribution < -0.4 is 5.32 Å². The summed E-state index contributed by atoms with van der Waals surface area (Å²) in [6.45, 7) is 6.60. The van der Waals surface area contributed by atoms with E-state index in [4.69, 9.17) is 15.0 Å². The number of nitrogens with one attached hydrogen (secondary N) is 1. The Hall–Kier alpha value is -1.30. The van der Waals surface area contributed by atoms with Gasteiger partial charge in [-0.1, -0.05) is 5.11 Å². The minimum Gasteiger partial charge on any atom is -0.465 e. The van der Waals surface area contributed by atoms with Crippen molar-refractivity contribution < 1.29 is 14.3 Å². The number of hydrogen-bond acceptors (Lipinski definition) is 5. The van der Waals surface area contributed by atoms with Crippen molar-refractivity contribution in [3.05, 3.63) is 10.4 Å². The number of rotatable bonds is 9. The lowest BCUT2D eigenvalue weighted by atomic mass is 9.99. The van der Waals surface area contributed by atoms with Gasteiger partial charge in [0.25, 0.3) is 0 Å². The third-order valence-electron chi connectivity index (χ3n) is 2.49. The summed E-state index contributed by atoms with van der Waals surface area (Å²) < 4.78 is 10.3. The van der Waals surface area contributed by atoms with Crippen LogP contribution >= 0.6 is 0 Å². The standard InChI is InChI=1S/C11H22N4O3/c1-5-18-10(16)9(8-11(2,3)17-4)13-6-7-14-15-12/h9,13H,5-8H2,1-4H3. The molecule has 0 aromatic carbocycles. The first-order valence-corrected chi connectivity index (χ1v) is 5.93. The molecule has 1 N–H and O–H groups in total. The fraction of sp³-hybridized carbons (Fsp3) is 0.909. The van der Waals surface area contributed by atoms with Crippen LogP contribution in [0.5, 0.6) is 0 Å². The molecule has 0 aliphatic heterocycles. The van der Waals surface area contributed by atoms with Gasteiger partial charge in [0.15, 0.2) is 0 Å². The van der Waals surface area contributed by atoms with Gasteiger partial charge in [-0.05, 0) is 26.3 Å². The number of nitrogens with zero attached hydrogens (tertiary/aromatic N) is 3. The predicted octanol–water partition coefficient (Wildman–Crippen LogP) is 1.63. The number of esters is 1. The zero-order chi connectivity index (χ0) is 14.0. The molecule has 0 saturated heterocycles. The molecule has 0 heterocycles. The largest absolute Gasteiger partial charge is 0.465 e. The molecule has 1 atom stereocenters. The Morgan fingerprint density at radius 3 is 2.72 bits per heavy atom. The van der Waals surface area contributed by atoms with Crippen molar-refractivity contribution in [2.24, 2.45) is 5.11 Å². The van der Waals surface area contributed by atoms with E-state index >= 15 is 0 Å². The van der Waals surface area contributed by atoms with Gasteiger partial charge < -0.3 is 14.8 Å². The third kappa shape index (κ3) is 7.11. The molecule has 0 radical (unpaired) electrons. The van der Waals surface area contributed by atoms with Gasteiger partial charge in [0, 0.05) is 31.5 Å². The lowest BCUT2D eigenvalue weighted by Crippen LogP contribution is -2.44. The minimum absolute atomic E-state index is 0.291. The molecule has 0 bridgehead atoms. The number of azide groups is 1. The molecule has 0 fully saturated rings. The Morgan fingerprint density at radius 1 is 1.56 bits per heavy atom. The smallest absolute Gasteiger partial charge is 0.323 e. The number of carbonyl (C=O) groups is 1. The maximum absolute atomic E-state index is 11.8. The van der Waals surface area contributed by atoms with Crippen molar-refractivity contribution in [3.8, 4) is 0 Å². The molecule has 0 aromatic rings. The molecule has 7 heteroatoms. The van der Waals surface area contributed by atoms with E-state index in [1.165, 1.54) is 0 Å². The average molecular weight is 258 g/mol. The Kier molecular flexibility index (Phi) is 8.11. The van der Waals surface area contributed by atoms with Gasteiger partial charge in [-0.15, -0.1) is 0 Å². The van der Waals surface area contributed by atoms with Gasteiger partial charge >= 0.3 is 5.97 Å². The Labute approximate surface area is 107 Å². The van der Waals surface area contributed by atoms with Gasteiger partial charge in [-0.3, -0.25) is 4.79 Å². The fourth-order valence-corrected chi connectivity index (χ4v) is 1.39. The number of hydrogen-bond donors (Lipinski definition) is 1. The highest BCUT2D eigenvalue weighted by molar-refractivity contribution is 5.75. The average Bonchev–Trinajstić information content (AvgIpc) is 2.33. The Morgan fingerprint density at radius 2 is 2.22 bits per heavy atom. The summed E-state index contributed by atoms with van der Waals surface area (Å²) >= 11 is 0. The van der Waals surface area contributed by atoms with E-state index in [-0.39, 0.29) is 5.97 Å². The molecule has 0 spiro atoms. The summed E-state index contributed by atoms with van der Waals surface area (Å²) in [6.07, 6.45) is 0.485. The van der Waals surface area contributed by atoms with Crippen molar-refractivity contribution >= 4 is 5.97 Å². The van der Waals surface area contributed by atoms with Crippen LogP contribution in [0.3, 0.4) is 0 Å². The van der Waals surface area contributed by atoms with Crippen molar-refractivity contribution in [3.63, 3.8) is 0 Å². The topological polar surface area (TPSA) is 96.3 Å². The molecule has 0 aromatic heterocycles.